The molecule has 182 valence electrons. The van der Waals surface area contributed by atoms with E-state index in [1.54, 1.807) is 19.1 Å². The van der Waals surface area contributed by atoms with Crippen molar-refractivity contribution in [2.75, 3.05) is 32.4 Å². The number of rotatable bonds is 11. The van der Waals surface area contributed by atoms with Crippen molar-refractivity contribution in [3.63, 3.8) is 0 Å². The van der Waals surface area contributed by atoms with Crippen molar-refractivity contribution in [3.05, 3.63) is 58.9 Å². The Morgan fingerprint density at radius 3 is 2.44 bits per heavy atom. The number of para-hydroxylation sites is 1. The van der Waals surface area contributed by atoms with Gasteiger partial charge >= 0.3 is 0 Å². The topological polar surface area (TPSA) is 105 Å². The average Bonchev–Trinajstić information content (AvgIpc) is 3.19. The maximum Gasteiger partial charge on any atom is 0.233 e. The van der Waals surface area contributed by atoms with E-state index in [1.807, 2.05) is 57.2 Å². The Morgan fingerprint density at radius 1 is 1.09 bits per heavy atom. The van der Waals surface area contributed by atoms with Gasteiger partial charge in [-0.3, -0.25) is 4.79 Å². The van der Waals surface area contributed by atoms with Gasteiger partial charge in [0.2, 0.25) is 11.1 Å². The van der Waals surface area contributed by atoms with Crippen molar-refractivity contribution in [2.45, 2.75) is 39.1 Å². The molecule has 0 unspecified atom stereocenters. The number of aryl methyl sites for hydroxylation is 2. The fraction of sp³-hybridized carbons (Fsp3) is 0.375. The quantitative estimate of drug-likeness (QED) is 0.326. The highest BCUT2D eigenvalue weighted by Crippen LogP contribution is 2.28. The van der Waals surface area contributed by atoms with E-state index < -0.39 is 0 Å². The molecule has 0 aliphatic heterocycles. The van der Waals surface area contributed by atoms with Crippen molar-refractivity contribution in [2.24, 2.45) is 0 Å². The van der Waals surface area contributed by atoms with Gasteiger partial charge in [0.1, 0.15) is 12.4 Å². The Hall–Kier alpha value is -3.40. The second-order valence-electron chi connectivity index (χ2n) is 7.66. The molecule has 3 rings (SSSR count). The first-order chi connectivity index (χ1) is 16.4. The Labute approximate surface area is 204 Å². The molecule has 2 aromatic carbocycles. The first-order valence-electron chi connectivity index (χ1n) is 10.9. The molecule has 0 saturated carbocycles. The molecular formula is C24H31N5O4S. The Kier molecular flexibility index (Phi) is 8.64. The molecule has 1 heterocycles. The third-order valence-electron chi connectivity index (χ3n) is 5.37. The second kappa shape index (κ2) is 11.6. The highest BCUT2D eigenvalue weighted by molar-refractivity contribution is 7.99. The second-order valence-corrected chi connectivity index (χ2v) is 8.61. The maximum atomic E-state index is 12.9. The molecule has 0 atom stereocenters. The first-order valence-corrected chi connectivity index (χ1v) is 11.9. The van der Waals surface area contributed by atoms with Crippen molar-refractivity contribution < 1.29 is 19.0 Å². The number of benzene rings is 2. The SMILES string of the molecule is CCN(Cc1ccc(OC)c(OC)c1)C(=O)CSc1nnc(COc2c(C)cccc2C)n1N. The van der Waals surface area contributed by atoms with Crippen molar-refractivity contribution in [1.82, 2.24) is 19.8 Å². The summed E-state index contributed by atoms with van der Waals surface area (Å²) >= 11 is 1.24. The third-order valence-corrected chi connectivity index (χ3v) is 6.30. The zero-order valence-electron chi connectivity index (χ0n) is 20.2. The molecule has 0 aliphatic rings. The summed E-state index contributed by atoms with van der Waals surface area (Å²) in [5, 5.41) is 8.71. The van der Waals surface area contributed by atoms with Gasteiger partial charge in [-0.15, -0.1) is 10.2 Å². The molecule has 0 radical (unpaired) electrons. The smallest absolute Gasteiger partial charge is 0.233 e. The molecule has 34 heavy (non-hydrogen) atoms. The Balaban J connectivity index is 1.59. The lowest BCUT2D eigenvalue weighted by Gasteiger charge is -2.21. The largest absolute Gasteiger partial charge is 0.493 e. The number of ether oxygens (including phenoxy) is 3. The number of aromatic nitrogens is 3. The van der Waals surface area contributed by atoms with Gasteiger partial charge in [0.15, 0.2) is 17.3 Å². The van der Waals surface area contributed by atoms with Gasteiger partial charge in [0.05, 0.1) is 20.0 Å². The van der Waals surface area contributed by atoms with Gasteiger partial charge in [0, 0.05) is 13.1 Å². The van der Waals surface area contributed by atoms with Crippen molar-refractivity contribution >= 4 is 17.7 Å². The molecule has 0 aliphatic carbocycles. The number of nitrogens with zero attached hydrogens (tertiary/aromatic N) is 4. The summed E-state index contributed by atoms with van der Waals surface area (Å²) in [6, 6.07) is 11.6. The molecule has 1 amide bonds. The highest BCUT2D eigenvalue weighted by atomic mass is 32.2. The van der Waals surface area contributed by atoms with Crippen LogP contribution >= 0.6 is 11.8 Å². The molecule has 3 aromatic rings. The molecule has 2 N–H and O–H groups in total. The van der Waals surface area contributed by atoms with Crippen LogP contribution in [0.25, 0.3) is 0 Å². The molecule has 0 spiro atoms. The van der Waals surface area contributed by atoms with Gasteiger partial charge in [-0.05, 0) is 49.6 Å². The Morgan fingerprint density at radius 2 is 1.79 bits per heavy atom. The number of amides is 1. The molecule has 1 aromatic heterocycles. The normalized spacial score (nSPS) is 10.7. The van der Waals surface area contributed by atoms with Crippen LogP contribution in [0.2, 0.25) is 0 Å². The monoisotopic (exact) mass is 485 g/mol. The van der Waals surface area contributed by atoms with Gasteiger partial charge in [-0.1, -0.05) is 36.0 Å². The number of nitrogen functional groups attached to an aromatic ring is 1. The van der Waals surface area contributed by atoms with Crippen LogP contribution in [-0.4, -0.2) is 52.2 Å². The zero-order chi connectivity index (χ0) is 24.7. The minimum absolute atomic E-state index is 0.0291. The molecule has 9 nitrogen and oxygen atoms in total. The number of methoxy groups -OCH3 is 2. The summed E-state index contributed by atoms with van der Waals surface area (Å²) < 4.78 is 17.9. The van der Waals surface area contributed by atoms with E-state index in [0.717, 1.165) is 22.4 Å². The van der Waals surface area contributed by atoms with Crippen LogP contribution in [-0.2, 0) is 17.9 Å². The molecule has 0 fully saturated rings. The molecule has 10 heteroatoms. The minimum atomic E-state index is -0.0291. The van der Waals surface area contributed by atoms with Crippen LogP contribution in [0, 0.1) is 13.8 Å². The van der Waals surface area contributed by atoms with Gasteiger partial charge in [-0.25, -0.2) is 4.68 Å². The van der Waals surface area contributed by atoms with Crippen molar-refractivity contribution in [1.29, 1.82) is 0 Å². The van der Waals surface area contributed by atoms with E-state index in [-0.39, 0.29) is 18.3 Å². The first kappa shape index (κ1) is 25.2. The van der Waals surface area contributed by atoms with Crippen molar-refractivity contribution in [3.8, 4) is 17.2 Å². The van der Waals surface area contributed by atoms with E-state index in [9.17, 15) is 4.79 Å². The lowest BCUT2D eigenvalue weighted by Crippen LogP contribution is -2.32. The van der Waals surface area contributed by atoms with Gasteiger partial charge < -0.3 is 25.0 Å². The molecule has 0 bridgehead atoms. The van der Waals surface area contributed by atoms with Crippen LogP contribution < -0.4 is 20.1 Å². The predicted molar refractivity (Wildman–Crippen MR) is 132 cm³/mol. The maximum absolute atomic E-state index is 12.9. The van der Waals surface area contributed by atoms with Crippen LogP contribution in [0.5, 0.6) is 17.2 Å². The molecule has 0 saturated heterocycles. The predicted octanol–water partition coefficient (Wildman–Crippen LogP) is 3.35. The number of carbonyl (C=O) groups excluding carboxylic acids is 1. The summed E-state index contributed by atoms with van der Waals surface area (Å²) in [4.78, 5) is 14.6. The Bertz CT molecular complexity index is 1110. The number of nitrogens with two attached hydrogens (primary N) is 1. The zero-order valence-corrected chi connectivity index (χ0v) is 21.0. The van der Waals surface area contributed by atoms with Crippen LogP contribution in [0.3, 0.4) is 0 Å². The lowest BCUT2D eigenvalue weighted by atomic mass is 10.1. The summed E-state index contributed by atoms with van der Waals surface area (Å²) in [6.45, 7) is 7.13. The van der Waals surface area contributed by atoms with E-state index >= 15 is 0 Å². The number of thioether (sulfide) groups is 1. The van der Waals surface area contributed by atoms with E-state index in [1.165, 1.54) is 16.4 Å². The fourth-order valence-electron chi connectivity index (χ4n) is 3.46. The standard InChI is InChI=1S/C24H31N5O4S/c1-6-28(13-18-10-11-19(31-4)20(12-18)32-5)22(30)15-34-24-27-26-21(29(24)25)14-33-23-16(2)8-7-9-17(23)3/h7-12H,6,13-15,25H2,1-5H3. The lowest BCUT2D eigenvalue weighted by molar-refractivity contribution is -0.128. The van der Waals surface area contributed by atoms with E-state index in [2.05, 4.69) is 10.2 Å². The van der Waals surface area contributed by atoms with Crippen LogP contribution in [0.1, 0.15) is 29.4 Å². The fourth-order valence-corrected chi connectivity index (χ4v) is 4.24. The van der Waals surface area contributed by atoms with Crippen LogP contribution in [0.15, 0.2) is 41.6 Å². The minimum Gasteiger partial charge on any atom is -0.493 e. The number of hydrogen-bond donors (Lipinski definition) is 1. The summed E-state index contributed by atoms with van der Waals surface area (Å²) in [7, 11) is 3.18. The number of carbonyl (C=O) groups is 1. The summed E-state index contributed by atoms with van der Waals surface area (Å²) in [6.07, 6.45) is 0. The van der Waals surface area contributed by atoms with Gasteiger partial charge in [0.25, 0.3) is 0 Å². The third kappa shape index (κ3) is 5.93. The van der Waals surface area contributed by atoms with Gasteiger partial charge in [-0.2, -0.15) is 0 Å². The summed E-state index contributed by atoms with van der Waals surface area (Å²) in [5.74, 6) is 8.89. The average molecular weight is 486 g/mol. The number of hydrogen-bond acceptors (Lipinski definition) is 8. The van der Waals surface area contributed by atoms with E-state index in [4.69, 9.17) is 20.1 Å². The molecular weight excluding hydrogens is 454 g/mol. The highest BCUT2D eigenvalue weighted by Gasteiger charge is 2.18. The summed E-state index contributed by atoms with van der Waals surface area (Å²) in [5.41, 5.74) is 3.03. The van der Waals surface area contributed by atoms with Crippen LogP contribution in [0.4, 0.5) is 0 Å². The van der Waals surface area contributed by atoms with E-state index in [0.29, 0.717) is 35.6 Å².